The maximum atomic E-state index is 13.7. The monoisotopic (exact) mass is 403 g/mol. The summed E-state index contributed by atoms with van der Waals surface area (Å²) >= 11 is 0. The van der Waals surface area contributed by atoms with E-state index >= 15 is 0 Å². The molecule has 6 nitrogen and oxygen atoms in total. The van der Waals surface area contributed by atoms with Crippen LogP contribution in [0.15, 0.2) is 48.5 Å². The van der Waals surface area contributed by atoms with E-state index in [0.29, 0.717) is 19.5 Å². The van der Waals surface area contributed by atoms with E-state index in [9.17, 15) is 9.59 Å². The van der Waals surface area contributed by atoms with Gasteiger partial charge in [-0.15, -0.1) is 0 Å². The molecule has 3 heterocycles. The average molecular weight is 403 g/mol. The van der Waals surface area contributed by atoms with E-state index < -0.39 is 5.54 Å². The molecule has 2 aliphatic rings. The predicted octanol–water partition coefficient (Wildman–Crippen LogP) is 2.86. The summed E-state index contributed by atoms with van der Waals surface area (Å²) in [6, 6.07) is 15.9. The van der Waals surface area contributed by atoms with Gasteiger partial charge in [-0.3, -0.25) is 9.59 Å². The van der Waals surface area contributed by atoms with Crippen LogP contribution in [0.4, 0.5) is 0 Å². The van der Waals surface area contributed by atoms with Crippen molar-refractivity contribution in [3.05, 3.63) is 65.4 Å². The molecule has 2 aliphatic heterocycles. The number of rotatable bonds is 4. The van der Waals surface area contributed by atoms with Gasteiger partial charge in [0.25, 0.3) is 5.91 Å². The molecule has 1 saturated heterocycles. The lowest BCUT2D eigenvalue weighted by Gasteiger charge is -2.49. The van der Waals surface area contributed by atoms with Gasteiger partial charge in [-0.05, 0) is 49.1 Å². The highest BCUT2D eigenvalue weighted by Crippen LogP contribution is 2.41. The van der Waals surface area contributed by atoms with Gasteiger partial charge >= 0.3 is 0 Å². The number of piperazine rings is 1. The number of hydrogen-bond acceptors (Lipinski definition) is 3. The molecule has 1 fully saturated rings. The van der Waals surface area contributed by atoms with Crippen LogP contribution in [0.5, 0.6) is 5.75 Å². The number of methoxy groups -OCH3 is 1. The number of H-pyrrole nitrogens is 1. The number of hydrogen-bond donors (Lipinski definition) is 1. The zero-order chi connectivity index (χ0) is 20.9. The lowest BCUT2D eigenvalue weighted by molar-refractivity contribution is -0.165. The number of fused-ring (bicyclic) bond motifs is 5. The Morgan fingerprint density at radius 2 is 1.87 bits per heavy atom. The molecule has 5 rings (SSSR count). The highest BCUT2D eigenvalue weighted by atomic mass is 16.5. The zero-order valence-corrected chi connectivity index (χ0v) is 17.3. The summed E-state index contributed by atoms with van der Waals surface area (Å²) in [7, 11) is 1.64. The molecular formula is C24H25N3O3. The Labute approximate surface area is 175 Å². The highest BCUT2D eigenvalue weighted by Gasteiger charge is 2.53. The lowest BCUT2D eigenvalue weighted by atomic mass is 9.83. The number of aromatic amines is 1. The summed E-state index contributed by atoms with van der Waals surface area (Å²) in [5.74, 6) is 0.805. The Balaban J connectivity index is 1.46. The summed E-state index contributed by atoms with van der Waals surface area (Å²) < 4.78 is 5.21. The third kappa shape index (κ3) is 2.70. The third-order valence-electron chi connectivity index (χ3n) is 6.59. The molecule has 1 aromatic heterocycles. The molecule has 0 spiro atoms. The fraction of sp³-hybridized carbons (Fsp3) is 0.333. The number of carbonyl (C=O) groups excluding carboxylic acids is 2. The highest BCUT2D eigenvalue weighted by molar-refractivity contribution is 6.00. The number of nitrogens with one attached hydrogen (secondary N) is 1. The first kappa shape index (κ1) is 18.7. The number of benzene rings is 2. The van der Waals surface area contributed by atoms with E-state index in [-0.39, 0.29) is 18.4 Å². The van der Waals surface area contributed by atoms with Crippen molar-refractivity contribution in [1.82, 2.24) is 14.8 Å². The van der Waals surface area contributed by atoms with Gasteiger partial charge in [-0.1, -0.05) is 30.3 Å². The van der Waals surface area contributed by atoms with Crippen LogP contribution in [0, 0.1) is 0 Å². The van der Waals surface area contributed by atoms with Gasteiger partial charge in [-0.25, -0.2) is 0 Å². The molecule has 1 N–H and O–H groups in total. The smallest absolute Gasteiger partial charge is 0.254 e. The van der Waals surface area contributed by atoms with Crippen molar-refractivity contribution in [2.75, 3.05) is 26.7 Å². The Hall–Kier alpha value is -3.28. The van der Waals surface area contributed by atoms with E-state index in [1.807, 2.05) is 49.4 Å². The minimum Gasteiger partial charge on any atom is -0.497 e. The van der Waals surface area contributed by atoms with Gasteiger partial charge < -0.3 is 19.5 Å². The van der Waals surface area contributed by atoms with Gasteiger partial charge in [0.15, 0.2) is 5.54 Å². The topological polar surface area (TPSA) is 65.6 Å². The van der Waals surface area contributed by atoms with E-state index in [2.05, 4.69) is 11.1 Å². The van der Waals surface area contributed by atoms with E-state index in [0.717, 1.165) is 39.9 Å². The van der Waals surface area contributed by atoms with Crippen LogP contribution in [0.3, 0.4) is 0 Å². The van der Waals surface area contributed by atoms with Crippen molar-refractivity contribution in [2.24, 2.45) is 0 Å². The largest absolute Gasteiger partial charge is 0.497 e. The summed E-state index contributed by atoms with van der Waals surface area (Å²) in [5, 5.41) is 1.14. The second-order valence-electron chi connectivity index (χ2n) is 8.22. The third-order valence-corrected chi connectivity index (χ3v) is 6.59. The predicted molar refractivity (Wildman–Crippen MR) is 114 cm³/mol. The van der Waals surface area contributed by atoms with Gasteiger partial charge in [0.05, 0.1) is 19.3 Å². The summed E-state index contributed by atoms with van der Waals surface area (Å²) in [4.78, 5) is 33.6. The van der Waals surface area contributed by atoms with Crippen LogP contribution in [-0.2, 0) is 28.0 Å². The Morgan fingerprint density at radius 1 is 1.10 bits per heavy atom. The molecule has 0 radical (unpaired) electrons. The fourth-order valence-corrected chi connectivity index (χ4v) is 4.92. The number of carbonyl (C=O) groups is 2. The summed E-state index contributed by atoms with van der Waals surface area (Å²) in [6.45, 7) is 3.11. The lowest BCUT2D eigenvalue weighted by Crippen LogP contribution is -2.67. The number of amides is 2. The number of para-hydroxylation sites is 1. The summed E-state index contributed by atoms with van der Waals surface area (Å²) in [6.07, 6.45) is 1.46. The minimum atomic E-state index is -0.984. The van der Waals surface area contributed by atoms with Gasteiger partial charge in [0.1, 0.15) is 5.75 Å². The second kappa shape index (κ2) is 6.90. The maximum Gasteiger partial charge on any atom is 0.254 e. The molecule has 2 aromatic carbocycles. The average Bonchev–Trinajstić information content (AvgIpc) is 3.16. The molecule has 3 aromatic rings. The van der Waals surface area contributed by atoms with E-state index in [1.165, 1.54) is 0 Å². The van der Waals surface area contributed by atoms with Crippen molar-refractivity contribution in [3.8, 4) is 5.75 Å². The number of nitrogens with zero attached hydrogens (tertiary/aromatic N) is 2. The van der Waals surface area contributed by atoms with Gasteiger partial charge in [0.2, 0.25) is 5.91 Å². The van der Waals surface area contributed by atoms with Crippen molar-refractivity contribution in [1.29, 1.82) is 0 Å². The Morgan fingerprint density at radius 3 is 2.63 bits per heavy atom. The van der Waals surface area contributed by atoms with Crippen LogP contribution in [0.1, 0.15) is 23.7 Å². The Kier molecular flexibility index (Phi) is 4.31. The fourth-order valence-electron chi connectivity index (χ4n) is 4.92. The molecule has 1 atom stereocenters. The van der Waals surface area contributed by atoms with Crippen LogP contribution in [0.2, 0.25) is 0 Å². The van der Waals surface area contributed by atoms with Crippen LogP contribution in [0.25, 0.3) is 10.9 Å². The van der Waals surface area contributed by atoms with Crippen molar-refractivity contribution < 1.29 is 14.3 Å². The van der Waals surface area contributed by atoms with Crippen LogP contribution < -0.4 is 4.74 Å². The standard InChI is InChI=1S/C24H25N3O3/c1-24-22-19(18-5-3-4-6-20(18)25-22)12-14-27(24)21(28)15-26(23(24)29)13-11-16-7-9-17(30-2)10-8-16/h3-10,25H,11-15H2,1-2H3/t24-/m1/s1. The van der Waals surface area contributed by atoms with Crippen molar-refractivity contribution in [3.63, 3.8) is 0 Å². The molecule has 0 bridgehead atoms. The molecular weight excluding hydrogens is 378 g/mol. The molecule has 0 aliphatic carbocycles. The Bertz CT molecular complexity index is 1130. The summed E-state index contributed by atoms with van der Waals surface area (Å²) in [5.41, 5.74) is 3.16. The molecule has 0 unspecified atom stereocenters. The van der Waals surface area contributed by atoms with Crippen LogP contribution in [-0.4, -0.2) is 53.3 Å². The van der Waals surface area contributed by atoms with E-state index in [4.69, 9.17) is 4.74 Å². The quantitative estimate of drug-likeness (QED) is 0.729. The van der Waals surface area contributed by atoms with Gasteiger partial charge in [0, 0.05) is 24.0 Å². The van der Waals surface area contributed by atoms with Crippen molar-refractivity contribution in [2.45, 2.75) is 25.3 Å². The van der Waals surface area contributed by atoms with Crippen LogP contribution >= 0.6 is 0 Å². The molecule has 6 heteroatoms. The van der Waals surface area contributed by atoms with Crippen molar-refractivity contribution >= 4 is 22.7 Å². The normalized spacial score (nSPS) is 21.0. The maximum absolute atomic E-state index is 13.7. The second-order valence-corrected chi connectivity index (χ2v) is 8.22. The first-order valence-corrected chi connectivity index (χ1v) is 10.3. The molecule has 154 valence electrons. The van der Waals surface area contributed by atoms with Gasteiger partial charge in [-0.2, -0.15) is 0 Å². The zero-order valence-electron chi connectivity index (χ0n) is 17.3. The molecule has 30 heavy (non-hydrogen) atoms. The first-order valence-electron chi connectivity index (χ1n) is 10.3. The van der Waals surface area contributed by atoms with E-state index in [1.54, 1.807) is 16.9 Å². The SMILES string of the molecule is COc1ccc(CCN2CC(=O)N3CCc4c([nH]c5ccccc45)[C@]3(C)C2=O)cc1. The minimum absolute atomic E-state index is 0.0103. The first-order chi connectivity index (χ1) is 14.5. The molecule has 0 saturated carbocycles. The number of ether oxygens (including phenoxy) is 1. The number of aromatic nitrogens is 1. The molecule has 2 amide bonds.